The third kappa shape index (κ3) is 4.82. The molecule has 0 aromatic heterocycles. The first kappa shape index (κ1) is 14.1. The maximum atomic E-state index is 11.9. The molecule has 0 aliphatic carbocycles. The van der Waals surface area contributed by atoms with Gasteiger partial charge >= 0.3 is 0 Å². The minimum Gasteiger partial charge on any atom is -0.230 e. The van der Waals surface area contributed by atoms with Crippen molar-refractivity contribution < 1.29 is 4.21 Å². The molecule has 0 bridgehead atoms. The van der Waals surface area contributed by atoms with Crippen LogP contribution in [0.1, 0.15) is 39.2 Å². The van der Waals surface area contributed by atoms with Crippen LogP contribution in [0.3, 0.4) is 0 Å². The van der Waals surface area contributed by atoms with Gasteiger partial charge < -0.3 is 0 Å². The summed E-state index contributed by atoms with van der Waals surface area (Å²) in [5.41, 5.74) is 1.19. The molecule has 17 heavy (non-hydrogen) atoms. The predicted octanol–water partition coefficient (Wildman–Crippen LogP) is 3.91. The summed E-state index contributed by atoms with van der Waals surface area (Å²) in [5, 5.41) is 0. The van der Waals surface area contributed by atoms with Crippen LogP contribution in [-0.4, -0.2) is 10.4 Å². The van der Waals surface area contributed by atoms with Crippen molar-refractivity contribution in [3.05, 3.63) is 29.8 Å². The highest BCUT2D eigenvalue weighted by Crippen LogP contribution is 2.20. The third-order valence-electron chi connectivity index (χ3n) is 2.61. The molecule has 0 heterocycles. The predicted molar refractivity (Wildman–Crippen MR) is 74.8 cm³/mol. The standard InChI is InChI=1S/C14H21NOS/c1-5-10-14(3,4)11-15-17(16)13-8-6-12(2)7-9-13/h6-9,11H,5,10H2,1-4H3/t17-/m1/s1. The Morgan fingerprint density at radius 1 is 1.29 bits per heavy atom. The van der Waals surface area contributed by atoms with Gasteiger partial charge in [-0.3, -0.25) is 0 Å². The third-order valence-corrected chi connectivity index (χ3v) is 3.59. The Morgan fingerprint density at radius 3 is 2.41 bits per heavy atom. The van der Waals surface area contributed by atoms with Gasteiger partial charge in [-0.05, 0) is 25.5 Å². The monoisotopic (exact) mass is 251 g/mol. The normalized spacial score (nSPS) is 14.1. The molecular weight excluding hydrogens is 230 g/mol. The van der Waals surface area contributed by atoms with Crippen LogP contribution in [0.2, 0.25) is 0 Å². The van der Waals surface area contributed by atoms with Gasteiger partial charge in [0.25, 0.3) is 0 Å². The van der Waals surface area contributed by atoms with E-state index in [0.717, 1.165) is 17.7 Å². The molecule has 94 valence electrons. The van der Waals surface area contributed by atoms with E-state index in [0.29, 0.717) is 0 Å². The van der Waals surface area contributed by atoms with Crippen LogP contribution in [0.25, 0.3) is 0 Å². The van der Waals surface area contributed by atoms with Crippen molar-refractivity contribution in [3.8, 4) is 0 Å². The Bertz CT molecular complexity index is 407. The fourth-order valence-corrected chi connectivity index (χ4v) is 2.49. The zero-order chi connectivity index (χ0) is 12.9. The van der Waals surface area contributed by atoms with E-state index in [1.165, 1.54) is 5.56 Å². The molecule has 0 fully saturated rings. The van der Waals surface area contributed by atoms with Gasteiger partial charge in [-0.15, -0.1) is 0 Å². The first-order valence-corrected chi connectivity index (χ1v) is 7.09. The highest BCUT2D eigenvalue weighted by atomic mass is 32.2. The highest BCUT2D eigenvalue weighted by molar-refractivity contribution is 7.83. The summed E-state index contributed by atoms with van der Waals surface area (Å²) in [7, 11) is -1.27. The summed E-state index contributed by atoms with van der Waals surface area (Å²) in [5.74, 6) is 0. The molecule has 0 amide bonds. The smallest absolute Gasteiger partial charge is 0.172 e. The Kier molecular flexibility index (Phi) is 5.06. The Hall–Kier alpha value is -0.960. The lowest BCUT2D eigenvalue weighted by atomic mass is 9.90. The fourth-order valence-electron chi connectivity index (χ4n) is 1.61. The summed E-state index contributed by atoms with van der Waals surface area (Å²) in [6.45, 7) is 8.39. The lowest BCUT2D eigenvalue weighted by Gasteiger charge is -2.17. The molecule has 1 aromatic rings. The molecule has 1 rings (SSSR count). The fraction of sp³-hybridized carbons (Fsp3) is 0.500. The maximum absolute atomic E-state index is 11.9. The number of rotatable bonds is 5. The summed E-state index contributed by atoms with van der Waals surface area (Å²) in [6, 6.07) is 7.66. The van der Waals surface area contributed by atoms with Gasteiger partial charge in [-0.25, -0.2) is 4.21 Å². The van der Waals surface area contributed by atoms with Gasteiger partial charge in [0, 0.05) is 11.6 Å². The summed E-state index contributed by atoms with van der Waals surface area (Å²) >= 11 is 0. The Balaban J connectivity index is 2.72. The van der Waals surface area contributed by atoms with Crippen LogP contribution in [0.5, 0.6) is 0 Å². The van der Waals surface area contributed by atoms with Crippen LogP contribution in [-0.2, 0) is 11.0 Å². The molecule has 1 atom stereocenters. The molecule has 0 aliphatic heterocycles. The molecule has 1 aromatic carbocycles. The molecule has 3 heteroatoms. The van der Waals surface area contributed by atoms with Crippen molar-refractivity contribution in [1.82, 2.24) is 0 Å². The number of benzene rings is 1. The zero-order valence-corrected chi connectivity index (χ0v) is 11.9. The van der Waals surface area contributed by atoms with Gasteiger partial charge in [0.15, 0.2) is 11.0 Å². The average Bonchev–Trinajstić information content (AvgIpc) is 2.27. The van der Waals surface area contributed by atoms with Crippen LogP contribution in [0, 0.1) is 12.3 Å². The second-order valence-electron chi connectivity index (χ2n) is 5.04. The largest absolute Gasteiger partial charge is 0.230 e. The number of aryl methyl sites for hydroxylation is 1. The Morgan fingerprint density at radius 2 is 1.88 bits per heavy atom. The van der Waals surface area contributed by atoms with Crippen LogP contribution >= 0.6 is 0 Å². The van der Waals surface area contributed by atoms with Crippen LogP contribution in [0.4, 0.5) is 0 Å². The van der Waals surface area contributed by atoms with Gasteiger partial charge in [0.1, 0.15) is 0 Å². The van der Waals surface area contributed by atoms with Crippen molar-refractivity contribution >= 4 is 17.2 Å². The molecular formula is C14H21NOS. The molecule has 0 saturated carbocycles. The first-order valence-electron chi connectivity index (χ1n) is 5.98. The molecule has 0 radical (unpaired) electrons. The summed E-state index contributed by atoms with van der Waals surface area (Å²) in [6.07, 6.45) is 3.99. The van der Waals surface area contributed by atoms with E-state index in [-0.39, 0.29) is 5.41 Å². The highest BCUT2D eigenvalue weighted by Gasteiger charge is 2.13. The number of hydrogen-bond acceptors (Lipinski definition) is 1. The van der Waals surface area contributed by atoms with Gasteiger partial charge in [0.05, 0.1) is 4.90 Å². The Labute approximate surface area is 107 Å². The molecule has 0 aliphatic rings. The number of nitrogens with zero attached hydrogens (tertiary/aromatic N) is 1. The number of hydrogen-bond donors (Lipinski definition) is 0. The van der Waals surface area contributed by atoms with Crippen molar-refractivity contribution in [2.24, 2.45) is 9.81 Å². The van der Waals surface area contributed by atoms with E-state index in [2.05, 4.69) is 25.2 Å². The van der Waals surface area contributed by atoms with Gasteiger partial charge in [-0.2, -0.15) is 4.40 Å². The minimum atomic E-state index is -1.27. The van der Waals surface area contributed by atoms with Crippen LogP contribution < -0.4 is 0 Å². The maximum Gasteiger partial charge on any atom is 0.172 e. The molecule has 2 nitrogen and oxygen atoms in total. The van der Waals surface area contributed by atoms with Crippen molar-refractivity contribution in [1.29, 1.82) is 0 Å². The van der Waals surface area contributed by atoms with E-state index in [1.807, 2.05) is 37.4 Å². The first-order chi connectivity index (χ1) is 7.94. The van der Waals surface area contributed by atoms with E-state index in [4.69, 9.17) is 0 Å². The second kappa shape index (κ2) is 6.10. The second-order valence-corrected chi connectivity index (χ2v) is 6.22. The molecule has 0 N–H and O–H groups in total. The van der Waals surface area contributed by atoms with Crippen molar-refractivity contribution in [3.63, 3.8) is 0 Å². The quantitative estimate of drug-likeness (QED) is 0.729. The lowest BCUT2D eigenvalue weighted by molar-refractivity contribution is 0.480. The average molecular weight is 251 g/mol. The van der Waals surface area contributed by atoms with Crippen molar-refractivity contribution in [2.75, 3.05) is 0 Å². The van der Waals surface area contributed by atoms with Gasteiger partial charge in [0.2, 0.25) is 0 Å². The topological polar surface area (TPSA) is 29.4 Å². The SMILES string of the molecule is CCCC(C)(C)C=N[S@](=O)c1ccc(C)cc1. The molecule has 0 spiro atoms. The summed E-state index contributed by atoms with van der Waals surface area (Å²) < 4.78 is 16.1. The van der Waals surface area contributed by atoms with E-state index in [1.54, 1.807) is 0 Å². The van der Waals surface area contributed by atoms with E-state index in [9.17, 15) is 4.21 Å². The zero-order valence-electron chi connectivity index (χ0n) is 11.1. The molecule has 0 unspecified atom stereocenters. The summed E-state index contributed by atoms with van der Waals surface area (Å²) in [4.78, 5) is 0.763. The molecule has 0 saturated heterocycles. The van der Waals surface area contributed by atoms with Crippen molar-refractivity contribution in [2.45, 2.75) is 45.4 Å². The van der Waals surface area contributed by atoms with Crippen LogP contribution in [0.15, 0.2) is 33.6 Å². The van der Waals surface area contributed by atoms with E-state index >= 15 is 0 Å². The minimum absolute atomic E-state index is 0.0229. The van der Waals surface area contributed by atoms with Gasteiger partial charge in [-0.1, -0.05) is 44.9 Å². The van der Waals surface area contributed by atoms with E-state index < -0.39 is 11.0 Å². The lowest BCUT2D eigenvalue weighted by Crippen LogP contribution is -2.12.